The van der Waals surface area contributed by atoms with E-state index in [0.717, 1.165) is 17.7 Å². The predicted molar refractivity (Wildman–Crippen MR) is 109 cm³/mol. The molecule has 4 nitrogen and oxygen atoms in total. The van der Waals surface area contributed by atoms with Gasteiger partial charge in [-0.15, -0.1) is 0 Å². The highest BCUT2D eigenvalue weighted by atomic mass is 35.5. The van der Waals surface area contributed by atoms with Gasteiger partial charge in [0.15, 0.2) is 5.11 Å². The van der Waals surface area contributed by atoms with Gasteiger partial charge in [0, 0.05) is 27.5 Å². The normalized spacial score (nSPS) is 11.3. The van der Waals surface area contributed by atoms with Crippen LogP contribution in [0.3, 0.4) is 0 Å². The maximum Gasteiger partial charge on any atom is 0.416 e. The number of alkyl halides is 3. The Morgan fingerprint density at radius 1 is 1.04 bits per heavy atom. The molecule has 0 unspecified atom stereocenters. The first-order chi connectivity index (χ1) is 13.2. The molecule has 2 aromatic carbocycles. The maximum atomic E-state index is 12.8. The van der Waals surface area contributed by atoms with E-state index in [9.17, 15) is 13.2 Å². The lowest BCUT2D eigenvalue weighted by molar-refractivity contribution is -0.137. The van der Waals surface area contributed by atoms with Crippen LogP contribution in [0, 0.1) is 0 Å². The minimum Gasteiger partial charge on any atom is -0.332 e. The van der Waals surface area contributed by atoms with Crippen molar-refractivity contribution in [2.24, 2.45) is 0 Å². The Kier molecular flexibility index (Phi) is 6.12. The van der Waals surface area contributed by atoms with Crippen LogP contribution in [0.5, 0.6) is 0 Å². The van der Waals surface area contributed by atoms with Crippen molar-refractivity contribution in [3.63, 3.8) is 0 Å². The molecule has 0 fully saturated rings. The molecule has 0 saturated heterocycles. The predicted octanol–water partition coefficient (Wildman–Crippen LogP) is 6.07. The summed E-state index contributed by atoms with van der Waals surface area (Å²) in [5.74, 6) is 0. The molecule has 10 heteroatoms. The van der Waals surface area contributed by atoms with Crippen LogP contribution in [-0.4, -0.2) is 14.9 Å². The summed E-state index contributed by atoms with van der Waals surface area (Å²) in [7, 11) is 0. The maximum absolute atomic E-state index is 12.8. The Labute approximate surface area is 174 Å². The summed E-state index contributed by atoms with van der Waals surface area (Å²) in [6.45, 7) is 0.355. The molecular weight excluding hydrogens is 432 g/mol. The zero-order valence-corrected chi connectivity index (χ0v) is 16.4. The Hall–Kier alpha value is -2.29. The lowest BCUT2D eigenvalue weighted by atomic mass is 10.2. The first kappa shape index (κ1) is 20.4. The molecule has 3 aromatic rings. The van der Waals surface area contributed by atoms with Gasteiger partial charge < -0.3 is 10.6 Å². The van der Waals surface area contributed by atoms with Gasteiger partial charge in [0.05, 0.1) is 24.0 Å². The molecule has 0 aliphatic heterocycles. The van der Waals surface area contributed by atoms with E-state index in [4.69, 9.17) is 35.4 Å². The van der Waals surface area contributed by atoms with Crippen molar-refractivity contribution in [2.75, 3.05) is 10.6 Å². The van der Waals surface area contributed by atoms with Crippen molar-refractivity contribution in [1.82, 2.24) is 9.78 Å². The summed E-state index contributed by atoms with van der Waals surface area (Å²) in [4.78, 5) is 0. The minimum absolute atomic E-state index is 0.134. The molecule has 0 amide bonds. The van der Waals surface area contributed by atoms with Crippen LogP contribution in [0.15, 0.2) is 54.9 Å². The van der Waals surface area contributed by atoms with Gasteiger partial charge in [-0.25, -0.2) is 0 Å². The highest BCUT2D eigenvalue weighted by Crippen LogP contribution is 2.30. The lowest BCUT2D eigenvalue weighted by Gasteiger charge is -2.12. The molecule has 0 bridgehead atoms. The van der Waals surface area contributed by atoms with Crippen molar-refractivity contribution >= 4 is 51.9 Å². The van der Waals surface area contributed by atoms with Crippen LogP contribution in [0.25, 0.3) is 0 Å². The topological polar surface area (TPSA) is 41.9 Å². The van der Waals surface area contributed by atoms with E-state index < -0.39 is 11.7 Å². The molecule has 1 aromatic heterocycles. The summed E-state index contributed by atoms with van der Waals surface area (Å²) in [6, 6.07) is 9.99. The Balaban J connectivity index is 1.64. The van der Waals surface area contributed by atoms with Crippen LogP contribution in [0.4, 0.5) is 24.5 Å². The molecule has 28 heavy (non-hydrogen) atoms. The van der Waals surface area contributed by atoms with E-state index in [1.165, 1.54) is 18.3 Å². The van der Waals surface area contributed by atoms with Gasteiger partial charge in [0.2, 0.25) is 0 Å². The smallest absolute Gasteiger partial charge is 0.332 e. The van der Waals surface area contributed by atoms with Crippen molar-refractivity contribution in [3.8, 4) is 0 Å². The zero-order valence-electron chi connectivity index (χ0n) is 14.1. The van der Waals surface area contributed by atoms with E-state index in [1.54, 1.807) is 29.1 Å². The minimum atomic E-state index is -4.42. The average Bonchev–Trinajstić information content (AvgIpc) is 3.04. The first-order valence-corrected chi connectivity index (χ1v) is 9.09. The standard InChI is InChI=1S/C18H13Cl2F3N4S/c19-15-5-2-6-16(20)14(15)10-27-9-13(8-24-27)26-17(28)25-12-4-1-3-11(7-12)18(21,22)23/h1-9H,10H2,(H2,25,26,28). The van der Waals surface area contributed by atoms with E-state index in [1.807, 2.05) is 0 Å². The van der Waals surface area contributed by atoms with Gasteiger partial charge in [-0.2, -0.15) is 18.3 Å². The zero-order chi connectivity index (χ0) is 20.3. The number of nitrogens with one attached hydrogen (secondary N) is 2. The summed E-state index contributed by atoms with van der Waals surface area (Å²) >= 11 is 17.5. The van der Waals surface area contributed by atoms with E-state index >= 15 is 0 Å². The lowest BCUT2D eigenvalue weighted by Crippen LogP contribution is -2.19. The van der Waals surface area contributed by atoms with Crippen molar-refractivity contribution in [1.29, 1.82) is 0 Å². The molecule has 0 spiro atoms. The van der Waals surface area contributed by atoms with Crippen molar-refractivity contribution in [2.45, 2.75) is 12.7 Å². The Morgan fingerprint density at radius 3 is 2.36 bits per heavy atom. The summed E-state index contributed by atoms with van der Waals surface area (Å²) < 4.78 is 40.0. The molecule has 3 rings (SSSR count). The molecule has 0 atom stereocenters. The molecule has 0 radical (unpaired) electrons. The highest BCUT2D eigenvalue weighted by Gasteiger charge is 2.30. The molecule has 0 aliphatic rings. The number of rotatable bonds is 4. The quantitative estimate of drug-likeness (QED) is 0.479. The van der Waals surface area contributed by atoms with Gasteiger partial charge in [0.25, 0.3) is 0 Å². The summed E-state index contributed by atoms with van der Waals surface area (Å²) in [6.07, 6.45) is -1.21. The number of benzene rings is 2. The largest absolute Gasteiger partial charge is 0.416 e. The van der Waals surface area contributed by atoms with Gasteiger partial charge in [-0.3, -0.25) is 4.68 Å². The van der Waals surface area contributed by atoms with Crippen LogP contribution in [-0.2, 0) is 12.7 Å². The second-order valence-electron chi connectivity index (χ2n) is 5.78. The number of nitrogens with zero attached hydrogens (tertiary/aromatic N) is 2. The Bertz CT molecular complexity index is 984. The third-order valence-corrected chi connectivity index (χ3v) is 4.63. The van der Waals surface area contributed by atoms with Crippen molar-refractivity contribution in [3.05, 3.63) is 76.0 Å². The number of aromatic nitrogens is 2. The highest BCUT2D eigenvalue weighted by molar-refractivity contribution is 7.80. The number of halogens is 5. The third-order valence-electron chi connectivity index (χ3n) is 3.72. The number of hydrogen-bond donors (Lipinski definition) is 2. The van der Waals surface area contributed by atoms with Crippen LogP contribution >= 0.6 is 35.4 Å². The fourth-order valence-electron chi connectivity index (χ4n) is 2.43. The molecule has 0 saturated carbocycles. The number of hydrogen-bond acceptors (Lipinski definition) is 2. The second kappa shape index (κ2) is 8.38. The van der Waals surface area contributed by atoms with Gasteiger partial charge >= 0.3 is 6.18 Å². The molecule has 1 heterocycles. The fourth-order valence-corrected chi connectivity index (χ4v) is 3.18. The number of thiocarbonyl (C=S) groups is 1. The molecular formula is C18H13Cl2F3N4S. The van der Waals surface area contributed by atoms with E-state index in [0.29, 0.717) is 22.3 Å². The summed E-state index contributed by atoms with van der Waals surface area (Å²) in [5, 5.41) is 11.0. The van der Waals surface area contributed by atoms with Gasteiger partial charge in [-0.1, -0.05) is 35.3 Å². The van der Waals surface area contributed by atoms with Crippen LogP contribution < -0.4 is 10.6 Å². The fraction of sp³-hybridized carbons (Fsp3) is 0.111. The summed E-state index contributed by atoms with van der Waals surface area (Å²) in [5.41, 5.74) is 0.755. The third kappa shape index (κ3) is 5.15. The van der Waals surface area contributed by atoms with Crippen LogP contribution in [0.2, 0.25) is 10.0 Å². The second-order valence-corrected chi connectivity index (χ2v) is 7.01. The van der Waals surface area contributed by atoms with Crippen molar-refractivity contribution < 1.29 is 13.2 Å². The SMILES string of the molecule is FC(F)(F)c1cccc(NC(=S)Nc2cnn(Cc3c(Cl)cccc3Cl)c2)c1. The molecule has 146 valence electrons. The van der Waals surface area contributed by atoms with Gasteiger partial charge in [-0.05, 0) is 42.5 Å². The van der Waals surface area contributed by atoms with Gasteiger partial charge in [0.1, 0.15) is 0 Å². The van der Waals surface area contributed by atoms with Crippen LogP contribution in [0.1, 0.15) is 11.1 Å². The first-order valence-electron chi connectivity index (χ1n) is 7.93. The monoisotopic (exact) mass is 444 g/mol. The van der Waals surface area contributed by atoms with E-state index in [-0.39, 0.29) is 10.8 Å². The molecule has 0 aliphatic carbocycles. The average molecular weight is 445 g/mol. The molecule has 2 N–H and O–H groups in total. The number of anilines is 2. The van der Waals surface area contributed by atoms with E-state index in [2.05, 4.69) is 15.7 Å². The Morgan fingerprint density at radius 2 is 1.68 bits per heavy atom.